The zero-order valence-electron chi connectivity index (χ0n) is 12.0. The highest BCUT2D eigenvalue weighted by molar-refractivity contribution is 5.92. The van der Waals surface area contributed by atoms with E-state index >= 15 is 0 Å². The van der Waals surface area contributed by atoms with Crippen LogP contribution in [0.2, 0.25) is 0 Å². The van der Waals surface area contributed by atoms with E-state index in [1.807, 2.05) is 4.90 Å². The van der Waals surface area contributed by atoms with Crippen LogP contribution in [-0.4, -0.2) is 47.4 Å². The minimum Gasteiger partial charge on any atom is -0.383 e. The summed E-state index contributed by atoms with van der Waals surface area (Å²) in [6.45, 7) is 4.42. The van der Waals surface area contributed by atoms with Crippen molar-refractivity contribution in [1.82, 2.24) is 14.7 Å². The minimum absolute atomic E-state index is 0.0947. The van der Waals surface area contributed by atoms with E-state index in [1.54, 1.807) is 7.11 Å². The smallest absolute Gasteiger partial charge is 0.274 e. The molecule has 1 aromatic heterocycles. The third-order valence-electron chi connectivity index (χ3n) is 3.54. The van der Waals surface area contributed by atoms with Crippen molar-refractivity contribution in [2.45, 2.75) is 26.3 Å². The Kier molecular flexibility index (Phi) is 4.89. The van der Waals surface area contributed by atoms with Crippen LogP contribution < -0.4 is 5.56 Å². The summed E-state index contributed by atoms with van der Waals surface area (Å²) in [6, 6.07) is 2.90. The van der Waals surface area contributed by atoms with Crippen LogP contribution in [-0.2, 0) is 11.3 Å². The molecule has 0 saturated carbocycles. The Bertz CT molecular complexity index is 527. The zero-order chi connectivity index (χ0) is 14.5. The summed E-state index contributed by atoms with van der Waals surface area (Å²) in [5.41, 5.74) is 0.111. The number of rotatable bonds is 4. The second kappa shape index (κ2) is 6.65. The van der Waals surface area contributed by atoms with E-state index in [2.05, 4.69) is 12.0 Å². The van der Waals surface area contributed by atoms with Gasteiger partial charge in [-0.05, 0) is 24.8 Å². The number of nitrogens with zero attached hydrogens (tertiary/aromatic N) is 3. The van der Waals surface area contributed by atoms with Crippen molar-refractivity contribution < 1.29 is 9.53 Å². The van der Waals surface area contributed by atoms with Crippen LogP contribution in [0.15, 0.2) is 16.9 Å². The van der Waals surface area contributed by atoms with Gasteiger partial charge in [0.15, 0.2) is 0 Å². The SMILES string of the molecule is COCCn1nc(C(=O)N2CCC[C@H](C)C2)ccc1=O. The minimum atomic E-state index is -0.217. The molecule has 6 nitrogen and oxygen atoms in total. The van der Waals surface area contributed by atoms with Gasteiger partial charge in [-0.25, -0.2) is 4.68 Å². The lowest BCUT2D eigenvalue weighted by Gasteiger charge is -2.30. The highest BCUT2D eigenvalue weighted by Gasteiger charge is 2.23. The molecule has 0 aromatic carbocycles. The molecule has 1 saturated heterocycles. The third kappa shape index (κ3) is 3.45. The van der Waals surface area contributed by atoms with Gasteiger partial charge in [0.25, 0.3) is 11.5 Å². The fourth-order valence-corrected chi connectivity index (χ4v) is 2.44. The Hall–Kier alpha value is -1.69. The topological polar surface area (TPSA) is 64.4 Å². The van der Waals surface area contributed by atoms with Crippen molar-refractivity contribution in [3.63, 3.8) is 0 Å². The monoisotopic (exact) mass is 279 g/mol. The van der Waals surface area contributed by atoms with Gasteiger partial charge in [-0.3, -0.25) is 9.59 Å². The van der Waals surface area contributed by atoms with E-state index in [0.29, 0.717) is 24.8 Å². The zero-order valence-corrected chi connectivity index (χ0v) is 12.0. The molecule has 2 heterocycles. The van der Waals surface area contributed by atoms with Gasteiger partial charge in [0.05, 0.1) is 13.2 Å². The van der Waals surface area contributed by atoms with Gasteiger partial charge in [-0.15, -0.1) is 0 Å². The number of amides is 1. The highest BCUT2D eigenvalue weighted by Crippen LogP contribution is 2.16. The molecule has 0 radical (unpaired) electrons. The average Bonchev–Trinajstić information content (AvgIpc) is 2.45. The predicted octanol–water partition coefficient (Wildman–Crippen LogP) is 0.762. The largest absolute Gasteiger partial charge is 0.383 e. The third-order valence-corrected chi connectivity index (χ3v) is 3.54. The maximum Gasteiger partial charge on any atom is 0.274 e. The van der Waals surface area contributed by atoms with Crippen molar-refractivity contribution >= 4 is 5.91 Å². The van der Waals surface area contributed by atoms with Crippen LogP contribution in [0.3, 0.4) is 0 Å². The van der Waals surface area contributed by atoms with Crippen molar-refractivity contribution in [2.75, 3.05) is 26.8 Å². The Morgan fingerprint density at radius 2 is 2.30 bits per heavy atom. The van der Waals surface area contributed by atoms with Gasteiger partial charge in [-0.1, -0.05) is 6.92 Å². The lowest BCUT2D eigenvalue weighted by atomic mass is 10.00. The van der Waals surface area contributed by atoms with Gasteiger partial charge < -0.3 is 9.64 Å². The normalized spacial score (nSPS) is 19.1. The first-order valence-electron chi connectivity index (χ1n) is 6.98. The molecule has 0 spiro atoms. The van der Waals surface area contributed by atoms with Crippen LogP contribution in [0, 0.1) is 5.92 Å². The van der Waals surface area contributed by atoms with Gasteiger partial charge >= 0.3 is 0 Å². The fourth-order valence-electron chi connectivity index (χ4n) is 2.44. The predicted molar refractivity (Wildman–Crippen MR) is 74.7 cm³/mol. The van der Waals surface area contributed by atoms with E-state index in [4.69, 9.17) is 4.74 Å². The molecular formula is C14H21N3O3. The summed E-state index contributed by atoms with van der Waals surface area (Å²) in [5.74, 6) is 0.426. The molecule has 6 heteroatoms. The van der Waals surface area contributed by atoms with Crippen molar-refractivity contribution in [3.05, 3.63) is 28.2 Å². The summed E-state index contributed by atoms with van der Waals surface area (Å²) in [7, 11) is 1.56. The molecule has 20 heavy (non-hydrogen) atoms. The number of methoxy groups -OCH3 is 1. The molecule has 0 bridgehead atoms. The first-order chi connectivity index (χ1) is 9.61. The molecule has 1 aliphatic rings. The Labute approximate surface area is 118 Å². The van der Waals surface area contributed by atoms with Crippen LogP contribution in [0.25, 0.3) is 0 Å². The molecule has 0 N–H and O–H groups in total. The van der Waals surface area contributed by atoms with E-state index in [9.17, 15) is 9.59 Å². The average molecular weight is 279 g/mol. The number of piperidine rings is 1. The lowest BCUT2D eigenvalue weighted by molar-refractivity contribution is 0.0673. The van der Waals surface area contributed by atoms with Crippen molar-refractivity contribution in [2.24, 2.45) is 5.92 Å². The standard InChI is InChI=1S/C14H21N3O3/c1-11-4-3-7-16(10-11)14(19)12-5-6-13(18)17(15-12)8-9-20-2/h5-6,11H,3-4,7-10H2,1-2H3/t11-/m0/s1. The number of carbonyl (C=O) groups is 1. The fraction of sp³-hybridized carbons (Fsp3) is 0.643. The van der Waals surface area contributed by atoms with Crippen molar-refractivity contribution in [3.8, 4) is 0 Å². The Balaban J connectivity index is 2.15. The molecule has 2 rings (SSSR count). The maximum atomic E-state index is 12.4. The molecule has 0 aliphatic carbocycles. The molecule has 1 aliphatic heterocycles. The van der Waals surface area contributed by atoms with Crippen LogP contribution >= 0.6 is 0 Å². The molecule has 1 amide bonds. The molecule has 1 atom stereocenters. The van der Waals surface area contributed by atoms with Crippen LogP contribution in [0.4, 0.5) is 0 Å². The summed E-state index contributed by atoms with van der Waals surface area (Å²) < 4.78 is 6.22. The summed E-state index contributed by atoms with van der Waals surface area (Å²) in [4.78, 5) is 25.9. The molecular weight excluding hydrogens is 258 g/mol. The van der Waals surface area contributed by atoms with Gasteiger partial charge in [0.1, 0.15) is 5.69 Å². The summed E-state index contributed by atoms with van der Waals surface area (Å²) >= 11 is 0. The van der Waals surface area contributed by atoms with Crippen LogP contribution in [0.5, 0.6) is 0 Å². The lowest BCUT2D eigenvalue weighted by Crippen LogP contribution is -2.40. The number of carbonyl (C=O) groups excluding carboxylic acids is 1. The number of hydrogen-bond acceptors (Lipinski definition) is 4. The van der Waals surface area contributed by atoms with E-state index in [0.717, 1.165) is 25.9 Å². The summed E-state index contributed by atoms with van der Waals surface area (Å²) in [6.07, 6.45) is 2.18. The van der Waals surface area contributed by atoms with Crippen LogP contribution in [0.1, 0.15) is 30.3 Å². The van der Waals surface area contributed by atoms with E-state index in [-0.39, 0.29) is 11.5 Å². The van der Waals surface area contributed by atoms with Gasteiger partial charge in [0, 0.05) is 26.3 Å². The number of hydrogen-bond donors (Lipinski definition) is 0. The van der Waals surface area contributed by atoms with Gasteiger partial charge in [0.2, 0.25) is 0 Å². The molecule has 1 aromatic rings. The number of likely N-dealkylation sites (tertiary alicyclic amines) is 1. The number of aromatic nitrogens is 2. The second-order valence-corrected chi connectivity index (χ2v) is 5.27. The van der Waals surface area contributed by atoms with Gasteiger partial charge in [-0.2, -0.15) is 5.10 Å². The Morgan fingerprint density at radius 3 is 3.00 bits per heavy atom. The first kappa shape index (κ1) is 14.7. The summed E-state index contributed by atoms with van der Waals surface area (Å²) in [5, 5.41) is 4.14. The molecule has 1 fully saturated rings. The van der Waals surface area contributed by atoms with E-state index in [1.165, 1.54) is 16.8 Å². The molecule has 0 unspecified atom stereocenters. The Morgan fingerprint density at radius 1 is 1.50 bits per heavy atom. The molecule has 110 valence electrons. The number of ether oxygens (including phenoxy) is 1. The maximum absolute atomic E-state index is 12.4. The first-order valence-corrected chi connectivity index (χ1v) is 6.98. The quantitative estimate of drug-likeness (QED) is 0.816. The van der Waals surface area contributed by atoms with E-state index < -0.39 is 0 Å². The van der Waals surface area contributed by atoms with Crippen molar-refractivity contribution in [1.29, 1.82) is 0 Å². The second-order valence-electron chi connectivity index (χ2n) is 5.27. The highest BCUT2D eigenvalue weighted by atomic mass is 16.5.